The number of rotatable bonds is 37. The maximum Gasteiger partial charge on any atom is 0.0283 e. The standard InChI is InChI=1S/C44H87N/c1-8-12-16-19-21-26-31-37-44(45(7)42(6)34-29-25-20-17-13-9-2)38-32-27-23-22-24-28-33-41(5)39-40-43(35-15-11-4)36-30-18-14-10-3/h43-44H,5-6,8-40H2,1-4,7H3. The highest BCUT2D eigenvalue weighted by molar-refractivity contribution is 4.96. The van der Waals surface area contributed by atoms with Gasteiger partial charge in [0.15, 0.2) is 0 Å². The van der Waals surface area contributed by atoms with E-state index in [4.69, 9.17) is 0 Å². The Labute approximate surface area is 287 Å². The van der Waals surface area contributed by atoms with Crippen LogP contribution < -0.4 is 0 Å². The van der Waals surface area contributed by atoms with Crippen molar-refractivity contribution in [3.8, 4) is 0 Å². The van der Waals surface area contributed by atoms with E-state index in [-0.39, 0.29) is 0 Å². The first kappa shape index (κ1) is 44.3. The fraction of sp³-hybridized carbons (Fsp3) is 0.909. The Morgan fingerprint density at radius 1 is 0.400 bits per heavy atom. The molecule has 0 heterocycles. The second-order valence-corrected chi connectivity index (χ2v) is 15.1. The fourth-order valence-corrected chi connectivity index (χ4v) is 7.19. The van der Waals surface area contributed by atoms with Crippen LogP contribution in [0.15, 0.2) is 24.4 Å². The topological polar surface area (TPSA) is 3.24 Å². The van der Waals surface area contributed by atoms with Crippen LogP contribution in [0.2, 0.25) is 0 Å². The monoisotopic (exact) mass is 630 g/mol. The van der Waals surface area contributed by atoms with Gasteiger partial charge in [0, 0.05) is 18.8 Å². The zero-order chi connectivity index (χ0) is 33.2. The second-order valence-electron chi connectivity index (χ2n) is 15.1. The van der Waals surface area contributed by atoms with Crippen molar-refractivity contribution < 1.29 is 0 Å². The smallest absolute Gasteiger partial charge is 0.0283 e. The van der Waals surface area contributed by atoms with E-state index in [1.807, 2.05) is 0 Å². The molecular formula is C44H87N. The van der Waals surface area contributed by atoms with E-state index in [1.54, 1.807) is 0 Å². The normalized spacial score (nSPS) is 12.8. The molecule has 0 aromatic heterocycles. The SMILES string of the molecule is C=C(CCCCCCCCC(CCCCCCCCC)N(C)C(=C)CCCCCCCC)CCC(CCCC)CCCCCC. The molecular weight excluding hydrogens is 542 g/mol. The summed E-state index contributed by atoms with van der Waals surface area (Å²) in [4.78, 5) is 2.60. The van der Waals surface area contributed by atoms with Crippen molar-refractivity contribution in [2.24, 2.45) is 5.92 Å². The molecule has 0 aromatic carbocycles. The van der Waals surface area contributed by atoms with Crippen molar-refractivity contribution in [2.45, 2.75) is 246 Å². The highest BCUT2D eigenvalue weighted by Gasteiger charge is 2.16. The minimum Gasteiger partial charge on any atom is -0.375 e. The lowest BCUT2D eigenvalue weighted by Crippen LogP contribution is -2.31. The maximum absolute atomic E-state index is 4.55. The summed E-state index contributed by atoms with van der Waals surface area (Å²) in [7, 11) is 2.36. The Morgan fingerprint density at radius 3 is 1.29 bits per heavy atom. The van der Waals surface area contributed by atoms with Crippen molar-refractivity contribution in [3.63, 3.8) is 0 Å². The summed E-state index contributed by atoms with van der Waals surface area (Å²) >= 11 is 0. The molecule has 0 N–H and O–H groups in total. The molecule has 0 saturated carbocycles. The van der Waals surface area contributed by atoms with Crippen LogP contribution >= 0.6 is 0 Å². The Morgan fingerprint density at radius 2 is 0.778 bits per heavy atom. The van der Waals surface area contributed by atoms with E-state index in [2.05, 4.69) is 52.8 Å². The third kappa shape index (κ3) is 29.2. The molecule has 0 saturated heterocycles. The summed E-state index contributed by atoms with van der Waals surface area (Å²) in [6.07, 6.45) is 45.6. The van der Waals surface area contributed by atoms with E-state index < -0.39 is 0 Å². The van der Waals surface area contributed by atoms with E-state index in [9.17, 15) is 0 Å². The van der Waals surface area contributed by atoms with Gasteiger partial charge in [-0.2, -0.15) is 0 Å². The summed E-state index contributed by atoms with van der Waals surface area (Å²) in [6, 6.07) is 0.698. The first-order valence-corrected chi connectivity index (χ1v) is 21.1. The number of nitrogens with zero attached hydrogens (tertiary/aromatic N) is 1. The molecule has 0 radical (unpaired) electrons. The summed E-state index contributed by atoms with van der Waals surface area (Å²) < 4.78 is 0. The van der Waals surface area contributed by atoms with Crippen molar-refractivity contribution in [2.75, 3.05) is 7.05 Å². The molecule has 0 aromatic rings. The molecule has 2 unspecified atom stereocenters. The van der Waals surface area contributed by atoms with Gasteiger partial charge in [-0.05, 0) is 57.3 Å². The molecule has 0 aliphatic carbocycles. The van der Waals surface area contributed by atoms with Crippen LogP contribution in [0, 0.1) is 5.92 Å². The Hall–Kier alpha value is -0.720. The molecule has 45 heavy (non-hydrogen) atoms. The fourth-order valence-electron chi connectivity index (χ4n) is 7.19. The zero-order valence-electron chi connectivity index (χ0n) is 32.4. The lowest BCUT2D eigenvalue weighted by Gasteiger charge is -2.32. The molecule has 268 valence electrons. The molecule has 0 bridgehead atoms. The van der Waals surface area contributed by atoms with Gasteiger partial charge in [0.2, 0.25) is 0 Å². The molecule has 0 rings (SSSR count). The molecule has 0 amide bonds. The minimum atomic E-state index is 0.698. The third-order valence-corrected chi connectivity index (χ3v) is 10.7. The summed E-state index contributed by atoms with van der Waals surface area (Å²) in [5, 5.41) is 0. The lowest BCUT2D eigenvalue weighted by atomic mass is 9.89. The molecule has 1 nitrogen and oxygen atoms in total. The summed E-state index contributed by atoms with van der Waals surface area (Å²) in [5.41, 5.74) is 2.93. The highest BCUT2D eigenvalue weighted by Crippen LogP contribution is 2.26. The average Bonchev–Trinajstić information content (AvgIpc) is 3.04. The van der Waals surface area contributed by atoms with Gasteiger partial charge in [-0.1, -0.05) is 207 Å². The first-order valence-electron chi connectivity index (χ1n) is 21.1. The minimum absolute atomic E-state index is 0.698. The second kappa shape index (κ2) is 34.6. The van der Waals surface area contributed by atoms with Crippen LogP contribution in [0.3, 0.4) is 0 Å². The summed E-state index contributed by atoms with van der Waals surface area (Å²) in [6.45, 7) is 18.3. The van der Waals surface area contributed by atoms with Crippen molar-refractivity contribution in [1.82, 2.24) is 4.90 Å². The average molecular weight is 630 g/mol. The molecule has 0 fully saturated rings. The Bertz CT molecular complexity index is 620. The van der Waals surface area contributed by atoms with Crippen molar-refractivity contribution in [3.05, 3.63) is 24.4 Å². The molecule has 2 atom stereocenters. The van der Waals surface area contributed by atoms with E-state index in [0.29, 0.717) is 6.04 Å². The maximum atomic E-state index is 4.55. The van der Waals surface area contributed by atoms with E-state index in [1.165, 1.54) is 223 Å². The van der Waals surface area contributed by atoms with Gasteiger partial charge in [0.1, 0.15) is 0 Å². The van der Waals surface area contributed by atoms with Gasteiger partial charge in [-0.3, -0.25) is 0 Å². The van der Waals surface area contributed by atoms with Crippen LogP contribution in [-0.2, 0) is 0 Å². The van der Waals surface area contributed by atoms with Crippen LogP contribution in [-0.4, -0.2) is 18.0 Å². The van der Waals surface area contributed by atoms with Gasteiger partial charge in [-0.15, -0.1) is 0 Å². The quantitative estimate of drug-likeness (QED) is 0.0488. The Kier molecular flexibility index (Phi) is 34.1. The lowest BCUT2D eigenvalue weighted by molar-refractivity contribution is 0.251. The largest absolute Gasteiger partial charge is 0.375 e. The molecule has 0 aliphatic heterocycles. The van der Waals surface area contributed by atoms with E-state index >= 15 is 0 Å². The van der Waals surface area contributed by atoms with Gasteiger partial charge < -0.3 is 4.90 Å². The van der Waals surface area contributed by atoms with Crippen LogP contribution in [0.5, 0.6) is 0 Å². The summed E-state index contributed by atoms with van der Waals surface area (Å²) in [5.74, 6) is 0.944. The number of hydrogen-bond acceptors (Lipinski definition) is 1. The predicted molar refractivity (Wildman–Crippen MR) is 208 cm³/mol. The molecule has 0 spiro atoms. The molecule has 0 aliphatic rings. The number of allylic oxidation sites excluding steroid dienone is 2. The highest BCUT2D eigenvalue weighted by atomic mass is 15.1. The Balaban J connectivity index is 4.30. The molecule has 1 heteroatoms. The van der Waals surface area contributed by atoms with Crippen LogP contribution in [0.25, 0.3) is 0 Å². The predicted octanol–water partition coefficient (Wildman–Crippen LogP) is 15.9. The zero-order valence-corrected chi connectivity index (χ0v) is 32.4. The van der Waals surface area contributed by atoms with Gasteiger partial charge in [0.05, 0.1) is 0 Å². The number of unbranched alkanes of at least 4 members (excludes halogenated alkanes) is 20. The number of hydrogen-bond donors (Lipinski definition) is 0. The van der Waals surface area contributed by atoms with Crippen molar-refractivity contribution in [1.29, 1.82) is 0 Å². The van der Waals surface area contributed by atoms with Crippen LogP contribution in [0.1, 0.15) is 240 Å². The van der Waals surface area contributed by atoms with Crippen molar-refractivity contribution >= 4 is 0 Å². The van der Waals surface area contributed by atoms with Crippen LogP contribution in [0.4, 0.5) is 0 Å². The third-order valence-electron chi connectivity index (χ3n) is 10.7. The van der Waals surface area contributed by atoms with Gasteiger partial charge in [0.25, 0.3) is 0 Å². The first-order chi connectivity index (χ1) is 22.0. The van der Waals surface area contributed by atoms with E-state index in [0.717, 1.165) is 5.92 Å². The van der Waals surface area contributed by atoms with Gasteiger partial charge >= 0.3 is 0 Å². The van der Waals surface area contributed by atoms with Gasteiger partial charge in [-0.25, -0.2) is 0 Å².